The molecule has 0 spiro atoms. The van der Waals surface area contributed by atoms with Gasteiger partial charge < -0.3 is 4.52 Å². The van der Waals surface area contributed by atoms with Crippen molar-refractivity contribution < 1.29 is 4.52 Å². The molecule has 0 bridgehead atoms. The summed E-state index contributed by atoms with van der Waals surface area (Å²) in [5.74, 6) is 0. The van der Waals surface area contributed by atoms with E-state index in [0.717, 1.165) is 0 Å². The number of nitrogens with zero attached hydrogens (tertiary/aromatic N) is 2. The molecule has 0 aliphatic rings. The summed E-state index contributed by atoms with van der Waals surface area (Å²) in [7, 11) is -1.05. The normalized spacial score (nSPS) is 12.2. The van der Waals surface area contributed by atoms with Gasteiger partial charge in [-0.15, -0.1) is 6.13 Å². The summed E-state index contributed by atoms with van der Waals surface area (Å²) in [6.07, 6.45) is 6.32. The van der Waals surface area contributed by atoms with E-state index in [4.69, 9.17) is 15.9 Å². The lowest BCUT2D eigenvalue weighted by molar-refractivity contribution is 0.268. The summed E-state index contributed by atoms with van der Waals surface area (Å²) in [5.41, 5.74) is 0. The molecular formula is C10H19N2OP. The lowest BCUT2D eigenvalue weighted by Gasteiger charge is -2.29. The van der Waals surface area contributed by atoms with E-state index in [1.807, 2.05) is 6.07 Å². The summed E-state index contributed by atoms with van der Waals surface area (Å²) in [4.78, 5) is 0. The van der Waals surface area contributed by atoms with Crippen molar-refractivity contribution in [3.63, 3.8) is 0 Å². The molecule has 0 aromatic carbocycles. The molecule has 4 heteroatoms. The molecule has 0 aliphatic heterocycles. The average molecular weight is 214 g/mol. The molecule has 1 atom stereocenters. The van der Waals surface area contributed by atoms with Crippen LogP contribution in [0.15, 0.2) is 0 Å². The third-order valence-corrected chi connectivity index (χ3v) is 3.55. The largest absolute Gasteiger partial charge is 0.315 e. The molecule has 0 radical (unpaired) electrons. The number of rotatable bonds is 4. The van der Waals surface area contributed by atoms with Crippen molar-refractivity contribution >= 4 is 7.75 Å². The lowest BCUT2D eigenvalue weighted by atomic mass is 10.3. The fourth-order valence-corrected chi connectivity index (χ4v) is 2.63. The Morgan fingerprint density at radius 3 is 2.21 bits per heavy atom. The van der Waals surface area contributed by atoms with Gasteiger partial charge in [-0.1, -0.05) is 0 Å². The van der Waals surface area contributed by atoms with Crippen molar-refractivity contribution in [2.75, 3.05) is 6.61 Å². The fraction of sp³-hybridized carbons (Fsp3) is 0.800. The first-order valence-corrected chi connectivity index (χ1v) is 6.11. The molecule has 14 heavy (non-hydrogen) atoms. The Morgan fingerprint density at radius 1 is 1.36 bits per heavy atom. The Kier molecular flexibility index (Phi) is 6.62. The SMILES string of the molecule is C#P(OCCC#N)N(C(C)C)C(C)C. The van der Waals surface area contributed by atoms with E-state index in [9.17, 15) is 0 Å². The first kappa shape index (κ1) is 13.5. The van der Waals surface area contributed by atoms with E-state index >= 15 is 0 Å². The predicted molar refractivity (Wildman–Crippen MR) is 60.2 cm³/mol. The molecule has 3 nitrogen and oxygen atoms in total. The molecule has 0 aromatic rings. The minimum absolute atomic E-state index is 0.369. The summed E-state index contributed by atoms with van der Waals surface area (Å²) in [6, 6.07) is 2.77. The van der Waals surface area contributed by atoms with Crippen LogP contribution in [0.3, 0.4) is 0 Å². The van der Waals surface area contributed by atoms with E-state index in [-0.39, 0.29) is 0 Å². The van der Waals surface area contributed by atoms with Crippen LogP contribution in [-0.2, 0) is 4.52 Å². The number of hydrogen-bond acceptors (Lipinski definition) is 3. The molecule has 0 heterocycles. The molecule has 1 unspecified atom stereocenters. The second kappa shape index (κ2) is 6.87. The van der Waals surface area contributed by atoms with Gasteiger partial charge in [-0.2, -0.15) is 5.26 Å². The molecule has 0 amide bonds. The summed E-state index contributed by atoms with van der Waals surface area (Å²) in [6.45, 7) is 8.80. The highest BCUT2D eigenvalue weighted by atomic mass is 31.1. The van der Waals surface area contributed by atoms with Gasteiger partial charge in [-0.3, -0.25) is 0 Å². The standard InChI is InChI=1S/C10H19N2OP/c1-9(2)12(10(3)4)14(5)13-8-6-7-11/h5,9-10H,6,8H2,1-4H3. The van der Waals surface area contributed by atoms with Crippen LogP contribution in [0.1, 0.15) is 34.1 Å². The van der Waals surface area contributed by atoms with Crippen molar-refractivity contribution in [3.8, 4) is 12.2 Å². The quantitative estimate of drug-likeness (QED) is 0.533. The Hall–Kier alpha value is -0.510. The predicted octanol–water partition coefficient (Wildman–Crippen LogP) is 2.94. The average Bonchev–Trinajstić information content (AvgIpc) is 2.03. The van der Waals surface area contributed by atoms with Crippen molar-refractivity contribution in [1.29, 1.82) is 5.26 Å². The molecule has 0 saturated heterocycles. The monoisotopic (exact) mass is 214 g/mol. The van der Waals surface area contributed by atoms with E-state index < -0.39 is 7.75 Å². The molecule has 0 aliphatic carbocycles. The van der Waals surface area contributed by atoms with Gasteiger partial charge in [0.25, 0.3) is 0 Å². The first-order chi connectivity index (χ1) is 6.50. The second-order valence-electron chi connectivity index (χ2n) is 3.61. The van der Waals surface area contributed by atoms with Crippen molar-refractivity contribution in [1.82, 2.24) is 4.67 Å². The van der Waals surface area contributed by atoms with Gasteiger partial charge in [0.05, 0.1) is 19.1 Å². The first-order valence-electron chi connectivity index (χ1n) is 4.83. The molecule has 0 saturated carbocycles. The summed E-state index contributed by atoms with van der Waals surface area (Å²) < 4.78 is 7.54. The molecule has 0 rings (SSSR count). The fourth-order valence-electron chi connectivity index (χ4n) is 1.30. The van der Waals surface area contributed by atoms with Crippen molar-refractivity contribution in [2.24, 2.45) is 0 Å². The molecule has 0 N–H and O–H groups in total. The molecular weight excluding hydrogens is 195 g/mol. The molecule has 0 fully saturated rings. The van der Waals surface area contributed by atoms with E-state index in [1.165, 1.54) is 0 Å². The molecule has 80 valence electrons. The van der Waals surface area contributed by atoms with Gasteiger partial charge in [0.2, 0.25) is 0 Å². The maximum Gasteiger partial charge on any atom is 0.101 e. The highest BCUT2D eigenvalue weighted by molar-refractivity contribution is 7.38. The minimum Gasteiger partial charge on any atom is -0.315 e. The third kappa shape index (κ3) is 4.65. The van der Waals surface area contributed by atoms with Crippen molar-refractivity contribution in [2.45, 2.75) is 46.2 Å². The Morgan fingerprint density at radius 2 is 1.86 bits per heavy atom. The van der Waals surface area contributed by atoms with Gasteiger partial charge in [-0.05, 0) is 27.7 Å². The van der Waals surface area contributed by atoms with Gasteiger partial charge in [-0.25, -0.2) is 4.67 Å². The van der Waals surface area contributed by atoms with Gasteiger partial charge in [0.1, 0.15) is 7.75 Å². The minimum atomic E-state index is -1.05. The van der Waals surface area contributed by atoms with Crippen molar-refractivity contribution in [3.05, 3.63) is 0 Å². The van der Waals surface area contributed by atoms with Crippen LogP contribution in [0.4, 0.5) is 0 Å². The van der Waals surface area contributed by atoms with Crippen LogP contribution in [0.5, 0.6) is 0 Å². The third-order valence-electron chi connectivity index (χ3n) is 1.72. The Balaban J connectivity index is 4.14. The summed E-state index contributed by atoms with van der Waals surface area (Å²) >= 11 is 0. The van der Waals surface area contributed by atoms with Gasteiger partial charge in [0, 0.05) is 12.1 Å². The topological polar surface area (TPSA) is 36.3 Å². The van der Waals surface area contributed by atoms with Crippen LogP contribution in [0.2, 0.25) is 0 Å². The van der Waals surface area contributed by atoms with Gasteiger partial charge >= 0.3 is 0 Å². The molecule has 0 aromatic heterocycles. The number of nitriles is 1. The van der Waals surface area contributed by atoms with Crippen LogP contribution in [0.25, 0.3) is 0 Å². The maximum atomic E-state index is 8.36. The van der Waals surface area contributed by atoms with E-state index in [0.29, 0.717) is 25.1 Å². The van der Waals surface area contributed by atoms with Gasteiger partial charge in [0.15, 0.2) is 0 Å². The van der Waals surface area contributed by atoms with Crippen LogP contribution >= 0.6 is 7.75 Å². The lowest BCUT2D eigenvalue weighted by Crippen LogP contribution is -2.30. The zero-order valence-corrected chi connectivity index (χ0v) is 10.3. The maximum absolute atomic E-state index is 8.36. The zero-order chi connectivity index (χ0) is 11.1. The Bertz CT molecular complexity index is 252. The smallest absolute Gasteiger partial charge is 0.101 e. The van der Waals surface area contributed by atoms with E-state index in [2.05, 4.69) is 32.4 Å². The van der Waals surface area contributed by atoms with Crippen LogP contribution in [-0.4, -0.2) is 23.4 Å². The highest BCUT2D eigenvalue weighted by Crippen LogP contribution is 2.30. The highest BCUT2D eigenvalue weighted by Gasteiger charge is 2.16. The van der Waals surface area contributed by atoms with Crippen LogP contribution in [0, 0.1) is 17.5 Å². The zero-order valence-electron chi connectivity index (χ0n) is 9.40. The van der Waals surface area contributed by atoms with Crippen LogP contribution < -0.4 is 0 Å². The van der Waals surface area contributed by atoms with E-state index in [1.54, 1.807) is 0 Å². The number of hydrogen-bond donors (Lipinski definition) is 0. The Labute approximate surface area is 87.9 Å². The second-order valence-corrected chi connectivity index (χ2v) is 4.94. The summed E-state index contributed by atoms with van der Waals surface area (Å²) in [5, 5.41) is 8.36.